The molecule has 0 aliphatic rings. The zero-order valence-corrected chi connectivity index (χ0v) is 13.1. The lowest BCUT2D eigenvalue weighted by atomic mass is 10.2. The van der Waals surface area contributed by atoms with Gasteiger partial charge >= 0.3 is 5.97 Å². The molecule has 0 fully saturated rings. The Morgan fingerprint density at radius 3 is 2.64 bits per heavy atom. The molecule has 0 spiro atoms. The van der Waals surface area contributed by atoms with Crippen molar-refractivity contribution in [1.29, 1.82) is 0 Å². The van der Waals surface area contributed by atoms with Gasteiger partial charge in [0.1, 0.15) is 11.5 Å². The summed E-state index contributed by atoms with van der Waals surface area (Å²) in [6.45, 7) is 0. The lowest BCUT2D eigenvalue weighted by molar-refractivity contribution is 0.0591. The van der Waals surface area contributed by atoms with Crippen molar-refractivity contribution < 1.29 is 13.9 Å². The van der Waals surface area contributed by atoms with Crippen LogP contribution in [0.2, 0.25) is 5.02 Å². The SMILES string of the molecule is COC(=O)c1[nH]c2cc(F)ccc2c1Sc1ccc(Cl)cc1. The highest BCUT2D eigenvalue weighted by atomic mass is 35.5. The van der Waals surface area contributed by atoms with E-state index < -0.39 is 5.97 Å². The number of aromatic amines is 1. The van der Waals surface area contributed by atoms with Gasteiger partial charge in [0.25, 0.3) is 0 Å². The topological polar surface area (TPSA) is 42.1 Å². The number of esters is 1. The van der Waals surface area contributed by atoms with Crippen LogP contribution < -0.4 is 0 Å². The van der Waals surface area contributed by atoms with Crippen molar-refractivity contribution in [3.63, 3.8) is 0 Å². The number of carbonyl (C=O) groups excluding carboxylic acids is 1. The van der Waals surface area contributed by atoms with E-state index in [-0.39, 0.29) is 5.82 Å². The van der Waals surface area contributed by atoms with Gasteiger partial charge in [0, 0.05) is 15.3 Å². The standard InChI is InChI=1S/C16H11ClFNO2S/c1-21-16(20)14-15(22-11-5-2-9(17)3-6-11)12-7-4-10(18)8-13(12)19-14/h2-8,19H,1H3. The Kier molecular flexibility index (Phi) is 4.09. The second-order valence-electron chi connectivity index (χ2n) is 4.57. The summed E-state index contributed by atoms with van der Waals surface area (Å²) in [4.78, 5) is 16.5. The second-order valence-corrected chi connectivity index (χ2v) is 6.09. The average Bonchev–Trinajstić information content (AvgIpc) is 2.86. The first kappa shape index (κ1) is 14.9. The maximum Gasteiger partial charge on any atom is 0.355 e. The molecule has 0 aliphatic carbocycles. The molecule has 1 N–H and O–H groups in total. The number of carbonyl (C=O) groups is 1. The van der Waals surface area contributed by atoms with Crippen LogP contribution >= 0.6 is 23.4 Å². The monoisotopic (exact) mass is 335 g/mol. The zero-order chi connectivity index (χ0) is 15.7. The molecule has 0 unspecified atom stereocenters. The van der Waals surface area contributed by atoms with Crippen molar-refractivity contribution >= 4 is 40.2 Å². The van der Waals surface area contributed by atoms with Crippen LogP contribution in [0.25, 0.3) is 10.9 Å². The average molecular weight is 336 g/mol. The van der Waals surface area contributed by atoms with Gasteiger partial charge in [0.2, 0.25) is 0 Å². The summed E-state index contributed by atoms with van der Waals surface area (Å²) in [7, 11) is 1.31. The van der Waals surface area contributed by atoms with Gasteiger partial charge in [-0.05, 0) is 42.5 Å². The number of methoxy groups -OCH3 is 1. The van der Waals surface area contributed by atoms with Crippen LogP contribution in [0.4, 0.5) is 4.39 Å². The summed E-state index contributed by atoms with van der Waals surface area (Å²) in [5.74, 6) is -0.860. The van der Waals surface area contributed by atoms with Crippen molar-refractivity contribution in [2.45, 2.75) is 9.79 Å². The maximum absolute atomic E-state index is 13.4. The van der Waals surface area contributed by atoms with E-state index in [0.717, 1.165) is 10.3 Å². The van der Waals surface area contributed by atoms with Gasteiger partial charge in [-0.3, -0.25) is 0 Å². The minimum absolute atomic E-state index is 0.308. The smallest absolute Gasteiger partial charge is 0.355 e. The third-order valence-corrected chi connectivity index (χ3v) is 4.52. The van der Waals surface area contributed by atoms with E-state index in [1.807, 2.05) is 12.1 Å². The lowest BCUT2D eigenvalue weighted by Gasteiger charge is -2.04. The lowest BCUT2D eigenvalue weighted by Crippen LogP contribution is -2.02. The quantitative estimate of drug-likeness (QED) is 0.692. The molecular weight excluding hydrogens is 325 g/mol. The minimum Gasteiger partial charge on any atom is -0.464 e. The zero-order valence-electron chi connectivity index (χ0n) is 11.5. The second kappa shape index (κ2) is 6.02. The molecule has 0 amide bonds. The molecule has 6 heteroatoms. The summed E-state index contributed by atoms with van der Waals surface area (Å²) >= 11 is 7.27. The highest BCUT2D eigenvalue weighted by Gasteiger charge is 2.19. The fourth-order valence-electron chi connectivity index (χ4n) is 2.12. The summed E-state index contributed by atoms with van der Waals surface area (Å²) in [5.41, 5.74) is 0.861. The molecule has 1 heterocycles. The summed E-state index contributed by atoms with van der Waals surface area (Å²) in [5, 5.41) is 1.40. The molecule has 3 nitrogen and oxygen atoms in total. The first-order valence-electron chi connectivity index (χ1n) is 6.41. The Morgan fingerprint density at radius 2 is 1.95 bits per heavy atom. The Bertz CT molecular complexity index is 845. The number of fused-ring (bicyclic) bond motifs is 1. The van der Waals surface area contributed by atoms with E-state index in [1.165, 1.54) is 31.0 Å². The molecular formula is C16H11ClFNO2S. The Balaban J connectivity index is 2.12. The third kappa shape index (κ3) is 2.82. The molecule has 3 rings (SSSR count). The van der Waals surface area contributed by atoms with Crippen LogP contribution in [-0.4, -0.2) is 18.1 Å². The molecule has 0 aliphatic heterocycles. The van der Waals surface area contributed by atoms with Crippen molar-refractivity contribution in [2.24, 2.45) is 0 Å². The summed E-state index contributed by atoms with van der Waals surface area (Å²) < 4.78 is 18.2. The fourth-order valence-corrected chi connectivity index (χ4v) is 3.27. The van der Waals surface area contributed by atoms with Gasteiger partial charge in [0.05, 0.1) is 17.5 Å². The van der Waals surface area contributed by atoms with Crippen LogP contribution in [0.3, 0.4) is 0 Å². The number of H-pyrrole nitrogens is 1. The number of rotatable bonds is 3. The van der Waals surface area contributed by atoms with E-state index >= 15 is 0 Å². The highest BCUT2D eigenvalue weighted by Crippen LogP contribution is 2.37. The largest absolute Gasteiger partial charge is 0.464 e. The van der Waals surface area contributed by atoms with E-state index in [9.17, 15) is 9.18 Å². The molecule has 22 heavy (non-hydrogen) atoms. The number of halogens is 2. The Hall–Kier alpha value is -1.98. The van der Waals surface area contributed by atoms with E-state index in [1.54, 1.807) is 18.2 Å². The molecule has 3 aromatic rings. The third-order valence-electron chi connectivity index (χ3n) is 3.14. The first-order valence-corrected chi connectivity index (χ1v) is 7.61. The predicted molar refractivity (Wildman–Crippen MR) is 85.2 cm³/mol. The molecule has 112 valence electrons. The number of benzene rings is 2. The number of ether oxygens (including phenoxy) is 1. The molecule has 0 radical (unpaired) electrons. The molecule has 0 saturated carbocycles. The fraction of sp³-hybridized carbons (Fsp3) is 0.0625. The first-order chi connectivity index (χ1) is 10.6. The van der Waals surface area contributed by atoms with Crippen LogP contribution in [-0.2, 0) is 4.74 Å². The van der Waals surface area contributed by atoms with Crippen LogP contribution in [0.1, 0.15) is 10.5 Å². The number of nitrogens with one attached hydrogen (secondary N) is 1. The van der Waals surface area contributed by atoms with Crippen LogP contribution in [0.5, 0.6) is 0 Å². The van der Waals surface area contributed by atoms with E-state index in [2.05, 4.69) is 4.98 Å². The Labute approximate surface area is 135 Å². The van der Waals surface area contributed by atoms with Crippen LogP contribution in [0, 0.1) is 5.82 Å². The molecule has 0 saturated heterocycles. The highest BCUT2D eigenvalue weighted by molar-refractivity contribution is 7.99. The summed E-state index contributed by atoms with van der Waals surface area (Å²) in [6, 6.07) is 11.6. The van der Waals surface area contributed by atoms with Gasteiger partial charge in [0.15, 0.2) is 0 Å². The van der Waals surface area contributed by atoms with Gasteiger partial charge in [-0.2, -0.15) is 0 Å². The van der Waals surface area contributed by atoms with E-state index in [4.69, 9.17) is 16.3 Å². The van der Waals surface area contributed by atoms with Gasteiger partial charge < -0.3 is 9.72 Å². The van der Waals surface area contributed by atoms with Crippen LogP contribution in [0.15, 0.2) is 52.3 Å². The minimum atomic E-state index is -0.493. The number of hydrogen-bond donors (Lipinski definition) is 1. The molecule has 2 aromatic carbocycles. The van der Waals surface area contributed by atoms with Crippen molar-refractivity contribution in [1.82, 2.24) is 4.98 Å². The molecule has 0 bridgehead atoms. The number of hydrogen-bond acceptors (Lipinski definition) is 3. The van der Waals surface area contributed by atoms with Gasteiger partial charge in [-0.25, -0.2) is 9.18 Å². The summed E-state index contributed by atoms with van der Waals surface area (Å²) in [6.07, 6.45) is 0. The number of aromatic nitrogens is 1. The van der Waals surface area contributed by atoms with E-state index in [0.29, 0.717) is 21.1 Å². The maximum atomic E-state index is 13.4. The van der Waals surface area contributed by atoms with Crippen molar-refractivity contribution in [3.8, 4) is 0 Å². The Morgan fingerprint density at radius 1 is 1.23 bits per heavy atom. The molecule has 0 atom stereocenters. The predicted octanol–water partition coefficient (Wildman–Crippen LogP) is 4.90. The van der Waals surface area contributed by atoms with Crippen molar-refractivity contribution in [2.75, 3.05) is 7.11 Å². The normalized spacial score (nSPS) is 10.9. The molecule has 1 aromatic heterocycles. The van der Waals surface area contributed by atoms with Crippen molar-refractivity contribution in [3.05, 3.63) is 59.0 Å². The van der Waals surface area contributed by atoms with Gasteiger partial charge in [-0.1, -0.05) is 23.4 Å². The van der Waals surface area contributed by atoms with Gasteiger partial charge in [-0.15, -0.1) is 0 Å².